The Kier molecular flexibility index (Phi) is 1580. The molecule has 0 rings (SSSR count). The van der Waals surface area contributed by atoms with Gasteiger partial charge in [0.25, 0.3) is 0 Å². The fourth-order valence-corrected chi connectivity index (χ4v) is 0. The molecule has 8 heteroatoms. The Morgan fingerprint density at radius 1 is 0.625 bits per heavy atom. The summed E-state index contributed by atoms with van der Waals surface area (Å²) in [6, 6.07) is 0. The Labute approximate surface area is 113 Å². The van der Waals surface area contributed by atoms with Crippen LogP contribution in [0.1, 0.15) is 0 Å². The van der Waals surface area contributed by atoms with Gasteiger partial charge in [-0.05, 0) is 0 Å². The summed E-state index contributed by atoms with van der Waals surface area (Å²) in [7, 11) is 0. The summed E-state index contributed by atoms with van der Waals surface area (Å²) < 4.78 is 0. The predicted molar refractivity (Wildman–Crippen MR) is 18.3 cm³/mol. The molecule has 0 aromatic heterocycles. The van der Waals surface area contributed by atoms with Crippen LogP contribution in [-0.2, 0) is 21.1 Å². The molecule has 0 aliphatic heterocycles. The van der Waals surface area contributed by atoms with Gasteiger partial charge in [-0.25, -0.2) is 0 Å². The van der Waals surface area contributed by atoms with Crippen LogP contribution >= 0.6 is 12.4 Å². The standard InChI is InChI=1S/ClH.Mo.2Na.4H2O/h1H;;;;4*1H2/q;;2*+1;;;;/p-2. The van der Waals surface area contributed by atoms with E-state index in [9.17, 15) is 0 Å². The van der Waals surface area contributed by atoms with E-state index < -0.39 is 0 Å². The van der Waals surface area contributed by atoms with Crippen LogP contribution in [0, 0.1) is 0 Å². The molecule has 0 saturated heterocycles. The van der Waals surface area contributed by atoms with Gasteiger partial charge in [0.2, 0.25) is 0 Å². The van der Waals surface area contributed by atoms with Gasteiger partial charge in [0, 0.05) is 21.1 Å². The van der Waals surface area contributed by atoms with Crippen LogP contribution in [0.5, 0.6) is 0 Å². The van der Waals surface area contributed by atoms with Crippen LogP contribution in [-0.4, -0.2) is 21.9 Å². The topological polar surface area (TPSA) is 123 Å². The molecule has 0 aliphatic carbocycles. The van der Waals surface area contributed by atoms with E-state index in [1.54, 1.807) is 0 Å². The summed E-state index contributed by atoms with van der Waals surface area (Å²) in [6.07, 6.45) is 0. The minimum Gasteiger partial charge on any atom is -0.870 e. The van der Waals surface area contributed by atoms with Gasteiger partial charge in [-0.2, -0.15) is 0 Å². The van der Waals surface area contributed by atoms with Crippen LogP contribution in [0.15, 0.2) is 0 Å². The Bertz CT molecular complexity index is 14.0. The average Bonchev–Trinajstić information content (AvgIpc) is 0. The van der Waals surface area contributed by atoms with E-state index in [2.05, 4.69) is 0 Å². The van der Waals surface area contributed by atoms with Crippen molar-refractivity contribution in [3.05, 3.63) is 0 Å². The minimum absolute atomic E-state index is 0. The molecule has 0 atom stereocenters. The van der Waals surface area contributed by atoms with E-state index in [0.29, 0.717) is 0 Å². The Balaban J connectivity index is 0. The van der Waals surface area contributed by atoms with Crippen LogP contribution in [0.25, 0.3) is 0 Å². The van der Waals surface area contributed by atoms with Crippen molar-refractivity contribution < 1.29 is 102 Å². The average molecular weight is 248 g/mol. The molecule has 0 aromatic rings. The molecule has 8 heavy (non-hydrogen) atoms. The van der Waals surface area contributed by atoms with Crippen LogP contribution in [0.4, 0.5) is 0 Å². The first-order chi connectivity index (χ1) is 0. The van der Waals surface area contributed by atoms with Gasteiger partial charge in [-0.1, -0.05) is 0 Å². The number of hydrogen-bond acceptors (Lipinski definition) is 2. The summed E-state index contributed by atoms with van der Waals surface area (Å²) >= 11 is 0. The number of hydrogen-bond donors (Lipinski definition) is 0. The first kappa shape index (κ1) is 131. The Morgan fingerprint density at radius 3 is 0.625 bits per heavy atom. The zero-order valence-corrected chi connectivity index (χ0v) is 11.5. The van der Waals surface area contributed by atoms with Crippen LogP contribution < -0.4 is 59.1 Å². The smallest absolute Gasteiger partial charge is 0.870 e. The van der Waals surface area contributed by atoms with E-state index in [-0.39, 0.29) is 114 Å². The summed E-state index contributed by atoms with van der Waals surface area (Å²) in [4.78, 5) is 0. The summed E-state index contributed by atoms with van der Waals surface area (Å²) in [5.74, 6) is 0. The third kappa shape index (κ3) is 67.9. The van der Waals surface area contributed by atoms with Gasteiger partial charge >= 0.3 is 59.1 Å². The maximum atomic E-state index is 0. The maximum Gasteiger partial charge on any atom is 1.00 e. The van der Waals surface area contributed by atoms with Gasteiger partial charge in [-0.15, -0.1) is 12.4 Å². The number of halogens is 1. The third-order valence-electron chi connectivity index (χ3n) is 0. The van der Waals surface area contributed by atoms with Crippen molar-refractivity contribution in [2.75, 3.05) is 0 Å². The second-order valence-corrected chi connectivity index (χ2v) is 0. The normalized spacial score (nSPS) is 0. The predicted octanol–water partition coefficient (Wildman–Crippen LogP) is -7.58. The molecular formula is H7ClMoNa2O4. The molecule has 0 spiro atoms. The van der Waals surface area contributed by atoms with Gasteiger partial charge < -0.3 is 21.9 Å². The first-order valence-electron chi connectivity index (χ1n) is 0. The monoisotopic (exact) mass is 250 g/mol. The fourth-order valence-electron chi connectivity index (χ4n) is 0. The molecule has 0 saturated carbocycles. The van der Waals surface area contributed by atoms with Gasteiger partial charge in [0.05, 0.1) is 0 Å². The SMILES string of the molecule is Cl.O.O.[Mo].[Na+].[Na+].[OH-].[OH-]. The van der Waals surface area contributed by atoms with Crippen LogP contribution in [0.2, 0.25) is 0 Å². The van der Waals surface area contributed by atoms with Gasteiger partial charge in [-0.3, -0.25) is 0 Å². The fraction of sp³-hybridized carbons (Fsp3) is 0. The van der Waals surface area contributed by atoms with Crippen LogP contribution in [0.3, 0.4) is 0 Å². The van der Waals surface area contributed by atoms with Crippen molar-refractivity contribution >= 4 is 12.4 Å². The zero-order chi connectivity index (χ0) is 0. The molecule has 0 amide bonds. The molecule has 6 N–H and O–H groups in total. The largest absolute Gasteiger partial charge is 1.00 e. The van der Waals surface area contributed by atoms with Crippen molar-refractivity contribution in [2.24, 2.45) is 0 Å². The molecule has 0 bridgehead atoms. The molecular weight excluding hydrogens is 241 g/mol. The summed E-state index contributed by atoms with van der Waals surface area (Å²) in [6.45, 7) is 0. The van der Waals surface area contributed by atoms with Crippen molar-refractivity contribution in [3.63, 3.8) is 0 Å². The van der Waals surface area contributed by atoms with Crippen molar-refractivity contribution in [3.8, 4) is 0 Å². The first-order valence-corrected chi connectivity index (χ1v) is 0. The zero-order valence-electron chi connectivity index (χ0n) is 4.71. The van der Waals surface area contributed by atoms with E-state index in [0.717, 1.165) is 0 Å². The Morgan fingerprint density at radius 2 is 0.625 bits per heavy atom. The second kappa shape index (κ2) is 96.1. The maximum absolute atomic E-state index is 0. The van der Waals surface area contributed by atoms with Crippen molar-refractivity contribution in [2.45, 2.75) is 0 Å². The van der Waals surface area contributed by atoms with E-state index in [4.69, 9.17) is 0 Å². The second-order valence-electron chi connectivity index (χ2n) is 0. The van der Waals surface area contributed by atoms with E-state index >= 15 is 0 Å². The third-order valence-corrected chi connectivity index (χ3v) is 0. The minimum atomic E-state index is 0. The number of rotatable bonds is 0. The quantitative estimate of drug-likeness (QED) is 0.395. The van der Waals surface area contributed by atoms with E-state index in [1.807, 2.05) is 0 Å². The van der Waals surface area contributed by atoms with E-state index in [1.165, 1.54) is 0 Å². The molecule has 0 unspecified atom stereocenters. The molecule has 0 heterocycles. The molecule has 46 valence electrons. The molecule has 0 aliphatic rings. The summed E-state index contributed by atoms with van der Waals surface area (Å²) in [5, 5.41) is 0. The Hall–Kier alpha value is 2.82. The summed E-state index contributed by atoms with van der Waals surface area (Å²) in [5.41, 5.74) is 0. The molecule has 4 nitrogen and oxygen atoms in total. The van der Waals surface area contributed by atoms with Gasteiger partial charge in [0.1, 0.15) is 0 Å². The van der Waals surface area contributed by atoms with Crippen molar-refractivity contribution in [1.82, 2.24) is 0 Å². The molecule has 0 fully saturated rings. The molecule has 0 aromatic carbocycles. The molecule has 0 radical (unpaired) electrons. The van der Waals surface area contributed by atoms with Crippen molar-refractivity contribution in [1.29, 1.82) is 0 Å². The van der Waals surface area contributed by atoms with Gasteiger partial charge in [0.15, 0.2) is 0 Å².